The van der Waals surface area contributed by atoms with Crippen molar-refractivity contribution in [3.8, 4) is 11.1 Å². The van der Waals surface area contributed by atoms with Gasteiger partial charge in [-0.3, -0.25) is 14.4 Å². The SMILES string of the molecule is CCCC(=O)N(CCNC(=O)C(CS)Cc1cccc(Cl)c1)Cc1ccc(-c2ccccc2S(=O)(=O)NC(C)=O)cc1. The first-order valence-electron chi connectivity index (χ1n) is 13.7. The third-order valence-corrected chi connectivity index (χ3v) is 8.72. The van der Waals surface area contributed by atoms with Gasteiger partial charge in [0.05, 0.1) is 10.8 Å². The molecule has 0 heterocycles. The van der Waals surface area contributed by atoms with Crippen molar-refractivity contribution in [3.63, 3.8) is 0 Å². The maximum atomic E-state index is 12.9. The third kappa shape index (κ3) is 9.61. The van der Waals surface area contributed by atoms with Crippen molar-refractivity contribution >= 4 is 52.0 Å². The molecule has 3 amide bonds. The second-order valence-electron chi connectivity index (χ2n) is 9.92. The van der Waals surface area contributed by atoms with Gasteiger partial charge in [-0.25, -0.2) is 13.1 Å². The van der Waals surface area contributed by atoms with Crippen LogP contribution in [-0.2, 0) is 37.4 Å². The number of rotatable bonds is 14. The molecule has 1 unspecified atom stereocenters. The monoisotopic (exact) mass is 629 g/mol. The minimum Gasteiger partial charge on any atom is -0.354 e. The number of carbonyl (C=O) groups is 3. The van der Waals surface area contributed by atoms with E-state index in [2.05, 4.69) is 17.9 Å². The lowest BCUT2D eigenvalue weighted by atomic mass is 10.0. The van der Waals surface area contributed by atoms with Crippen LogP contribution < -0.4 is 10.0 Å². The lowest BCUT2D eigenvalue weighted by Crippen LogP contribution is -2.40. The van der Waals surface area contributed by atoms with Gasteiger partial charge in [-0.05, 0) is 47.7 Å². The first-order valence-corrected chi connectivity index (χ1v) is 16.2. The summed E-state index contributed by atoms with van der Waals surface area (Å²) in [6.45, 7) is 4.04. The first kappa shape index (κ1) is 33.2. The molecular formula is C31H36ClN3O5S2. The Morgan fingerprint density at radius 3 is 2.33 bits per heavy atom. The van der Waals surface area contributed by atoms with Crippen molar-refractivity contribution < 1.29 is 22.8 Å². The topological polar surface area (TPSA) is 113 Å². The minimum absolute atomic E-state index is 0.00156. The molecule has 0 saturated carbocycles. The van der Waals surface area contributed by atoms with Crippen LogP contribution in [0.4, 0.5) is 0 Å². The van der Waals surface area contributed by atoms with Crippen molar-refractivity contribution in [1.82, 2.24) is 14.9 Å². The number of hydrogen-bond donors (Lipinski definition) is 3. The molecule has 2 N–H and O–H groups in total. The predicted molar refractivity (Wildman–Crippen MR) is 169 cm³/mol. The van der Waals surface area contributed by atoms with E-state index in [1.54, 1.807) is 41.3 Å². The summed E-state index contributed by atoms with van der Waals surface area (Å²) >= 11 is 10.4. The van der Waals surface area contributed by atoms with E-state index < -0.39 is 15.9 Å². The predicted octanol–water partition coefficient (Wildman–Crippen LogP) is 4.87. The highest BCUT2D eigenvalue weighted by Crippen LogP contribution is 2.28. The molecule has 0 aliphatic carbocycles. The molecular weight excluding hydrogens is 594 g/mol. The molecule has 0 saturated heterocycles. The van der Waals surface area contributed by atoms with Gasteiger partial charge in [0, 0.05) is 49.3 Å². The Kier molecular flexibility index (Phi) is 12.4. The molecule has 11 heteroatoms. The number of nitrogens with zero attached hydrogens (tertiary/aromatic N) is 1. The Balaban J connectivity index is 1.68. The Morgan fingerprint density at radius 1 is 0.976 bits per heavy atom. The van der Waals surface area contributed by atoms with E-state index in [1.165, 1.54) is 6.07 Å². The second-order valence-corrected chi connectivity index (χ2v) is 12.4. The van der Waals surface area contributed by atoms with Crippen LogP contribution in [0.15, 0.2) is 77.7 Å². The molecule has 0 bridgehead atoms. The lowest BCUT2D eigenvalue weighted by molar-refractivity contribution is -0.132. The van der Waals surface area contributed by atoms with E-state index in [4.69, 9.17) is 11.6 Å². The summed E-state index contributed by atoms with van der Waals surface area (Å²) in [5, 5.41) is 3.56. The molecule has 0 aliphatic heterocycles. The Hall–Kier alpha value is -3.34. The third-order valence-electron chi connectivity index (χ3n) is 6.55. The summed E-state index contributed by atoms with van der Waals surface area (Å²) in [4.78, 5) is 38.9. The number of halogens is 1. The Morgan fingerprint density at radius 2 is 1.69 bits per heavy atom. The summed E-state index contributed by atoms with van der Waals surface area (Å²) in [6, 6.07) is 21.1. The minimum atomic E-state index is -4.03. The van der Waals surface area contributed by atoms with Crippen molar-refractivity contribution in [1.29, 1.82) is 0 Å². The van der Waals surface area contributed by atoms with Crippen molar-refractivity contribution in [2.75, 3.05) is 18.8 Å². The molecule has 0 fully saturated rings. The van der Waals surface area contributed by atoms with Gasteiger partial charge in [0.25, 0.3) is 10.0 Å². The highest BCUT2D eigenvalue weighted by molar-refractivity contribution is 7.90. The number of sulfonamides is 1. The highest BCUT2D eigenvalue weighted by Gasteiger charge is 2.21. The van der Waals surface area contributed by atoms with E-state index in [0.29, 0.717) is 60.8 Å². The summed E-state index contributed by atoms with van der Waals surface area (Å²) in [7, 11) is -4.03. The maximum absolute atomic E-state index is 12.9. The fraction of sp³-hybridized carbons (Fsp3) is 0.323. The number of hydrogen-bond acceptors (Lipinski definition) is 6. The number of carbonyl (C=O) groups excluding carboxylic acids is 3. The van der Waals surface area contributed by atoms with Crippen LogP contribution in [-0.4, -0.2) is 49.9 Å². The maximum Gasteiger partial charge on any atom is 0.264 e. The van der Waals surface area contributed by atoms with Crippen LogP contribution in [0.3, 0.4) is 0 Å². The van der Waals surface area contributed by atoms with Crippen molar-refractivity contribution in [2.45, 2.75) is 44.6 Å². The quantitative estimate of drug-likeness (QED) is 0.220. The zero-order valence-electron chi connectivity index (χ0n) is 23.7. The zero-order chi connectivity index (χ0) is 30.7. The molecule has 0 aliphatic rings. The van der Waals surface area contributed by atoms with E-state index in [0.717, 1.165) is 18.1 Å². The summed E-state index contributed by atoms with van der Waals surface area (Å²) in [5.41, 5.74) is 2.91. The average Bonchev–Trinajstić information content (AvgIpc) is 2.95. The van der Waals surface area contributed by atoms with Crippen LogP contribution in [0.5, 0.6) is 0 Å². The molecule has 224 valence electrons. The smallest absolute Gasteiger partial charge is 0.264 e. The normalized spacial score (nSPS) is 11.9. The van der Waals surface area contributed by atoms with Gasteiger partial charge in [0.2, 0.25) is 17.7 Å². The van der Waals surface area contributed by atoms with Crippen molar-refractivity contribution in [2.24, 2.45) is 5.92 Å². The van der Waals surface area contributed by atoms with Gasteiger partial charge in [-0.2, -0.15) is 12.6 Å². The molecule has 8 nitrogen and oxygen atoms in total. The molecule has 42 heavy (non-hydrogen) atoms. The second kappa shape index (κ2) is 15.8. The Labute approximate surface area is 258 Å². The zero-order valence-corrected chi connectivity index (χ0v) is 26.1. The van der Waals surface area contributed by atoms with Gasteiger partial charge < -0.3 is 10.2 Å². The van der Waals surface area contributed by atoms with Crippen LogP contribution >= 0.6 is 24.2 Å². The summed E-state index contributed by atoms with van der Waals surface area (Å²) in [5.74, 6) is -0.789. The number of amides is 3. The van der Waals surface area contributed by atoms with E-state index >= 15 is 0 Å². The largest absolute Gasteiger partial charge is 0.354 e. The molecule has 3 rings (SSSR count). The Bertz CT molecular complexity index is 1500. The molecule has 1 atom stereocenters. The number of thiol groups is 1. The van der Waals surface area contributed by atoms with Crippen LogP contribution in [0, 0.1) is 5.92 Å². The van der Waals surface area contributed by atoms with Gasteiger partial charge in [0.1, 0.15) is 0 Å². The fourth-order valence-corrected chi connectivity index (χ4v) is 6.23. The molecule has 0 radical (unpaired) electrons. The number of benzene rings is 3. The highest BCUT2D eigenvalue weighted by atomic mass is 35.5. The first-order chi connectivity index (χ1) is 20.0. The van der Waals surface area contributed by atoms with E-state index in [1.807, 2.05) is 42.0 Å². The fourth-order valence-electron chi connectivity index (χ4n) is 4.50. The van der Waals surface area contributed by atoms with Gasteiger partial charge in [0.15, 0.2) is 0 Å². The van der Waals surface area contributed by atoms with E-state index in [-0.39, 0.29) is 22.6 Å². The van der Waals surface area contributed by atoms with Gasteiger partial charge in [-0.15, -0.1) is 0 Å². The van der Waals surface area contributed by atoms with Crippen LogP contribution in [0.2, 0.25) is 5.02 Å². The van der Waals surface area contributed by atoms with E-state index in [9.17, 15) is 22.8 Å². The van der Waals surface area contributed by atoms with Gasteiger partial charge in [-0.1, -0.05) is 73.1 Å². The average molecular weight is 630 g/mol. The summed E-state index contributed by atoms with van der Waals surface area (Å²) < 4.78 is 27.4. The molecule has 3 aromatic carbocycles. The van der Waals surface area contributed by atoms with Crippen LogP contribution in [0.25, 0.3) is 11.1 Å². The van der Waals surface area contributed by atoms with Crippen LogP contribution in [0.1, 0.15) is 37.8 Å². The molecule has 0 aromatic heterocycles. The van der Waals surface area contributed by atoms with Crippen molar-refractivity contribution in [3.05, 3.63) is 88.9 Å². The molecule has 0 spiro atoms. The summed E-state index contributed by atoms with van der Waals surface area (Å²) in [6.07, 6.45) is 1.59. The standard InChI is InChI=1S/C31H36ClN3O5S2/c1-3-7-30(37)35(17-16-33-31(38)26(21-41)18-24-8-6-9-27(32)19-24)20-23-12-14-25(15-13-23)28-10-4-5-11-29(28)42(39,40)34-22(2)36/h4-6,8-15,19,26,41H,3,7,16-18,20-21H2,1-2H3,(H,33,38)(H,34,36). The molecule has 3 aromatic rings. The lowest BCUT2D eigenvalue weighted by Gasteiger charge is -2.24. The number of nitrogens with one attached hydrogen (secondary N) is 2. The van der Waals surface area contributed by atoms with Gasteiger partial charge >= 0.3 is 0 Å².